The summed E-state index contributed by atoms with van der Waals surface area (Å²) in [5.74, 6) is -0.0341. The Hall–Kier alpha value is -1.75. The van der Waals surface area contributed by atoms with Crippen molar-refractivity contribution in [2.75, 3.05) is 13.1 Å². The van der Waals surface area contributed by atoms with Gasteiger partial charge >= 0.3 is 6.03 Å². The van der Waals surface area contributed by atoms with E-state index in [0.29, 0.717) is 18.1 Å². The van der Waals surface area contributed by atoms with E-state index >= 15 is 0 Å². The van der Waals surface area contributed by atoms with Crippen molar-refractivity contribution in [3.8, 4) is 0 Å². The maximum atomic E-state index is 12.1. The van der Waals surface area contributed by atoms with Crippen LogP contribution in [0.2, 0.25) is 5.02 Å². The highest BCUT2D eigenvalue weighted by atomic mass is 35.5. The van der Waals surface area contributed by atoms with Crippen LogP contribution in [-0.4, -0.2) is 30.0 Å². The van der Waals surface area contributed by atoms with Gasteiger partial charge in [-0.3, -0.25) is 10.2 Å². The standard InChI is InChI=1S/C14H16ClN3O2/c15-12-5-2-1-4-9(12)10-8-11(10)13(19)17-18-7-3-6-16-14(18)20/h1-2,4-5,10-11H,3,6-8H2,(H,16,20)(H,17,19)/t10-,11+/m1/s1. The molecule has 1 aliphatic heterocycles. The van der Waals surface area contributed by atoms with Gasteiger partial charge in [0.25, 0.3) is 0 Å². The third-order valence-corrected chi connectivity index (χ3v) is 4.10. The number of carbonyl (C=O) groups is 2. The molecule has 0 unspecified atom stereocenters. The lowest BCUT2D eigenvalue weighted by Gasteiger charge is -2.27. The van der Waals surface area contributed by atoms with Gasteiger partial charge in [0.2, 0.25) is 5.91 Å². The van der Waals surface area contributed by atoms with Gasteiger partial charge in [-0.25, -0.2) is 9.80 Å². The Kier molecular flexibility index (Phi) is 3.53. The van der Waals surface area contributed by atoms with Gasteiger partial charge in [-0.2, -0.15) is 0 Å². The summed E-state index contributed by atoms with van der Waals surface area (Å²) in [6.07, 6.45) is 1.62. The minimum absolute atomic E-state index is 0.0929. The van der Waals surface area contributed by atoms with Gasteiger partial charge < -0.3 is 5.32 Å². The lowest BCUT2D eigenvalue weighted by atomic mass is 10.1. The van der Waals surface area contributed by atoms with Gasteiger partial charge in [0.05, 0.1) is 0 Å². The Labute approximate surface area is 122 Å². The molecule has 106 valence electrons. The smallest absolute Gasteiger partial charge is 0.336 e. The molecule has 1 aromatic rings. The number of urea groups is 1. The van der Waals surface area contributed by atoms with Gasteiger partial charge in [0.15, 0.2) is 0 Å². The van der Waals surface area contributed by atoms with Crippen molar-refractivity contribution in [1.29, 1.82) is 0 Å². The predicted octanol–water partition coefficient (Wildman–Crippen LogP) is 1.89. The van der Waals surface area contributed by atoms with Gasteiger partial charge in [0, 0.05) is 24.0 Å². The van der Waals surface area contributed by atoms with Crippen molar-refractivity contribution >= 4 is 23.5 Å². The number of carbonyl (C=O) groups excluding carboxylic acids is 2. The molecule has 6 heteroatoms. The van der Waals surface area contributed by atoms with Crippen molar-refractivity contribution in [3.05, 3.63) is 34.9 Å². The number of benzene rings is 1. The molecule has 1 saturated heterocycles. The average molecular weight is 294 g/mol. The maximum Gasteiger partial charge on any atom is 0.336 e. The normalized spacial score (nSPS) is 25.1. The average Bonchev–Trinajstić information content (AvgIpc) is 3.22. The minimum Gasteiger partial charge on any atom is -0.336 e. The molecule has 2 fully saturated rings. The van der Waals surface area contributed by atoms with Crippen LogP contribution in [0.25, 0.3) is 0 Å². The van der Waals surface area contributed by atoms with E-state index in [1.807, 2.05) is 24.3 Å². The van der Waals surface area contributed by atoms with Gasteiger partial charge in [-0.05, 0) is 30.4 Å². The summed E-state index contributed by atoms with van der Waals surface area (Å²) in [6, 6.07) is 7.35. The van der Waals surface area contributed by atoms with Crippen LogP contribution < -0.4 is 10.7 Å². The first-order valence-corrected chi connectivity index (χ1v) is 7.15. The number of amides is 3. The highest BCUT2D eigenvalue weighted by Gasteiger charge is 2.45. The Morgan fingerprint density at radius 3 is 2.95 bits per heavy atom. The molecule has 1 saturated carbocycles. The predicted molar refractivity (Wildman–Crippen MR) is 75.2 cm³/mol. The molecule has 0 radical (unpaired) electrons. The molecule has 0 aromatic heterocycles. The Bertz CT molecular complexity index is 549. The first-order valence-electron chi connectivity index (χ1n) is 6.77. The topological polar surface area (TPSA) is 61.4 Å². The zero-order chi connectivity index (χ0) is 14.1. The summed E-state index contributed by atoms with van der Waals surface area (Å²) >= 11 is 6.14. The van der Waals surface area contributed by atoms with Crippen LogP contribution in [0.5, 0.6) is 0 Å². The van der Waals surface area contributed by atoms with Crippen molar-refractivity contribution in [2.24, 2.45) is 5.92 Å². The Balaban J connectivity index is 1.60. The molecule has 3 amide bonds. The minimum atomic E-state index is -0.237. The number of hydrazine groups is 1. The molecule has 0 spiro atoms. The number of rotatable bonds is 3. The molecule has 0 bridgehead atoms. The van der Waals surface area contributed by atoms with Crippen LogP contribution >= 0.6 is 11.6 Å². The van der Waals surface area contributed by atoms with Gasteiger partial charge in [-0.1, -0.05) is 29.8 Å². The molecule has 2 atom stereocenters. The molecule has 1 heterocycles. The Morgan fingerprint density at radius 1 is 1.40 bits per heavy atom. The van der Waals surface area contributed by atoms with Crippen molar-refractivity contribution in [2.45, 2.75) is 18.8 Å². The van der Waals surface area contributed by atoms with E-state index in [0.717, 1.165) is 18.4 Å². The van der Waals surface area contributed by atoms with E-state index < -0.39 is 0 Å². The highest BCUT2D eigenvalue weighted by molar-refractivity contribution is 6.31. The number of hydrogen-bond acceptors (Lipinski definition) is 2. The molecule has 5 nitrogen and oxygen atoms in total. The monoisotopic (exact) mass is 293 g/mol. The number of halogens is 1. The zero-order valence-corrected chi connectivity index (χ0v) is 11.7. The van der Waals surface area contributed by atoms with Crippen LogP contribution in [0, 0.1) is 5.92 Å². The summed E-state index contributed by atoms with van der Waals surface area (Å²) in [5, 5.41) is 4.75. The van der Waals surface area contributed by atoms with Gasteiger partial charge in [0.1, 0.15) is 0 Å². The van der Waals surface area contributed by atoms with Crippen molar-refractivity contribution in [1.82, 2.24) is 15.8 Å². The first-order chi connectivity index (χ1) is 9.66. The van der Waals surface area contributed by atoms with Gasteiger partial charge in [-0.15, -0.1) is 0 Å². The molecule has 3 rings (SSSR count). The van der Waals surface area contributed by atoms with E-state index in [1.54, 1.807) is 0 Å². The van der Waals surface area contributed by atoms with Crippen LogP contribution in [-0.2, 0) is 4.79 Å². The third-order valence-electron chi connectivity index (χ3n) is 3.76. The molecular weight excluding hydrogens is 278 g/mol. The summed E-state index contributed by atoms with van der Waals surface area (Å²) in [4.78, 5) is 23.7. The number of hydrogen-bond donors (Lipinski definition) is 2. The molecular formula is C14H16ClN3O2. The first kappa shape index (κ1) is 13.2. The second-order valence-corrected chi connectivity index (χ2v) is 5.59. The Morgan fingerprint density at radius 2 is 2.20 bits per heavy atom. The largest absolute Gasteiger partial charge is 0.336 e. The summed E-state index contributed by atoms with van der Waals surface area (Å²) in [6.45, 7) is 1.22. The summed E-state index contributed by atoms with van der Waals surface area (Å²) in [5.41, 5.74) is 3.70. The molecule has 2 N–H and O–H groups in total. The fourth-order valence-electron chi connectivity index (χ4n) is 2.56. The summed E-state index contributed by atoms with van der Waals surface area (Å²) < 4.78 is 0. The number of nitrogens with one attached hydrogen (secondary N) is 2. The number of nitrogens with zero attached hydrogens (tertiary/aromatic N) is 1. The third kappa shape index (κ3) is 2.58. The quantitative estimate of drug-likeness (QED) is 0.894. The van der Waals surface area contributed by atoms with E-state index in [1.165, 1.54) is 5.01 Å². The molecule has 20 heavy (non-hydrogen) atoms. The van der Waals surface area contributed by atoms with Crippen LogP contribution in [0.15, 0.2) is 24.3 Å². The van der Waals surface area contributed by atoms with Crippen LogP contribution in [0.1, 0.15) is 24.3 Å². The van der Waals surface area contributed by atoms with Crippen LogP contribution in [0.3, 0.4) is 0 Å². The van der Waals surface area contributed by atoms with Crippen molar-refractivity contribution < 1.29 is 9.59 Å². The fraction of sp³-hybridized carbons (Fsp3) is 0.429. The van der Waals surface area contributed by atoms with Crippen molar-refractivity contribution in [3.63, 3.8) is 0 Å². The molecule has 1 aromatic carbocycles. The summed E-state index contributed by atoms with van der Waals surface area (Å²) in [7, 11) is 0. The second kappa shape index (κ2) is 5.32. The lowest BCUT2D eigenvalue weighted by Crippen LogP contribution is -2.55. The van der Waals surface area contributed by atoms with E-state index in [2.05, 4.69) is 10.7 Å². The second-order valence-electron chi connectivity index (χ2n) is 5.18. The van der Waals surface area contributed by atoms with E-state index in [9.17, 15) is 9.59 Å². The van der Waals surface area contributed by atoms with Crippen LogP contribution in [0.4, 0.5) is 4.79 Å². The molecule has 1 aliphatic carbocycles. The van der Waals surface area contributed by atoms with E-state index in [-0.39, 0.29) is 23.8 Å². The van der Waals surface area contributed by atoms with E-state index in [4.69, 9.17) is 11.6 Å². The zero-order valence-electron chi connectivity index (χ0n) is 10.9. The fourth-order valence-corrected chi connectivity index (χ4v) is 2.83. The highest BCUT2D eigenvalue weighted by Crippen LogP contribution is 2.49. The maximum absolute atomic E-state index is 12.1. The lowest BCUT2D eigenvalue weighted by molar-refractivity contribution is -0.126. The molecule has 2 aliphatic rings. The SMILES string of the molecule is O=C(NN1CCCNC1=O)[C@H]1C[C@@H]1c1ccccc1Cl.